The van der Waals surface area contributed by atoms with Crippen LogP contribution in [0.4, 0.5) is 10.1 Å². The van der Waals surface area contributed by atoms with Crippen LogP contribution in [-0.2, 0) is 0 Å². The molecule has 2 aromatic rings. The molecule has 7 heteroatoms. The molecule has 2 aliphatic rings. The van der Waals surface area contributed by atoms with E-state index in [9.17, 15) is 4.39 Å². The Morgan fingerprint density at radius 2 is 1.83 bits per heavy atom. The topological polar surface area (TPSA) is 48.6 Å². The summed E-state index contributed by atoms with van der Waals surface area (Å²) < 4.78 is 18.2. The number of benzene rings is 1. The minimum absolute atomic E-state index is 0.178. The zero-order valence-electron chi connectivity index (χ0n) is 13.8. The van der Waals surface area contributed by atoms with Crippen LogP contribution in [0.25, 0.3) is 0 Å². The molecule has 0 radical (unpaired) electrons. The van der Waals surface area contributed by atoms with Crippen LogP contribution in [0, 0.1) is 5.82 Å². The second kappa shape index (κ2) is 6.49. The van der Waals surface area contributed by atoms with Crippen molar-refractivity contribution in [2.75, 3.05) is 44.2 Å². The van der Waals surface area contributed by atoms with Crippen LogP contribution in [0.1, 0.15) is 18.9 Å². The molecule has 4 rings (SSSR count). The molecule has 6 nitrogen and oxygen atoms in total. The van der Waals surface area contributed by atoms with E-state index in [-0.39, 0.29) is 11.9 Å². The summed E-state index contributed by atoms with van der Waals surface area (Å²) in [6.07, 6.45) is 1.46. The van der Waals surface area contributed by atoms with Crippen molar-refractivity contribution in [2.24, 2.45) is 0 Å². The minimum Gasteiger partial charge on any atom is -0.369 e. The second-order valence-electron chi connectivity index (χ2n) is 6.56. The minimum atomic E-state index is -0.178. The third-order valence-corrected chi connectivity index (χ3v) is 5.20. The van der Waals surface area contributed by atoms with E-state index in [2.05, 4.69) is 31.8 Å². The van der Waals surface area contributed by atoms with Crippen molar-refractivity contribution in [3.63, 3.8) is 0 Å². The van der Waals surface area contributed by atoms with Crippen molar-refractivity contribution < 1.29 is 8.91 Å². The molecule has 2 fully saturated rings. The van der Waals surface area contributed by atoms with Gasteiger partial charge in [-0.3, -0.25) is 9.80 Å². The fourth-order valence-electron chi connectivity index (χ4n) is 3.55. The van der Waals surface area contributed by atoms with Gasteiger partial charge in [0.05, 0.1) is 6.04 Å². The number of hydrogen-bond acceptors (Lipinski definition) is 6. The molecule has 0 N–H and O–H groups in total. The Bertz CT molecular complexity index is 648. The van der Waals surface area contributed by atoms with Gasteiger partial charge >= 0.3 is 0 Å². The van der Waals surface area contributed by atoms with E-state index < -0.39 is 0 Å². The quantitative estimate of drug-likeness (QED) is 0.851. The predicted octanol–water partition coefficient (Wildman–Crippen LogP) is 1.78. The Kier molecular flexibility index (Phi) is 4.20. The molecule has 1 aromatic heterocycles. The number of likely N-dealkylation sites (tertiary alicyclic amines) is 1. The standard InChI is InChI=1S/C17H22FN5O/c1-13(17-19-12-20-24-17)23-10-16(11-23)22-8-6-21(7-9-22)15-4-2-14(18)3-5-15/h2-5,12-13,16H,6-11H2,1H3. The molecule has 2 aliphatic heterocycles. The zero-order valence-corrected chi connectivity index (χ0v) is 13.8. The molecular formula is C17H22FN5O. The zero-order chi connectivity index (χ0) is 16.5. The van der Waals surface area contributed by atoms with E-state index in [1.165, 1.54) is 18.5 Å². The van der Waals surface area contributed by atoms with E-state index in [0.717, 1.165) is 45.0 Å². The molecule has 0 saturated carbocycles. The first-order valence-corrected chi connectivity index (χ1v) is 8.46. The van der Waals surface area contributed by atoms with E-state index in [4.69, 9.17) is 4.52 Å². The van der Waals surface area contributed by atoms with Crippen LogP contribution in [0.2, 0.25) is 0 Å². The Morgan fingerprint density at radius 3 is 2.46 bits per heavy atom. The highest BCUT2D eigenvalue weighted by atomic mass is 19.1. The van der Waals surface area contributed by atoms with Crippen molar-refractivity contribution in [3.05, 3.63) is 42.3 Å². The Labute approximate surface area is 140 Å². The van der Waals surface area contributed by atoms with E-state index in [0.29, 0.717) is 11.9 Å². The summed E-state index contributed by atoms with van der Waals surface area (Å²) in [5.41, 5.74) is 1.11. The van der Waals surface area contributed by atoms with Crippen molar-refractivity contribution in [1.29, 1.82) is 0 Å². The lowest BCUT2D eigenvalue weighted by molar-refractivity contribution is -0.00186. The average Bonchev–Trinajstić information content (AvgIpc) is 3.09. The lowest BCUT2D eigenvalue weighted by Gasteiger charge is -2.49. The van der Waals surface area contributed by atoms with Crippen LogP contribution in [0.3, 0.4) is 0 Å². The summed E-state index contributed by atoms with van der Waals surface area (Å²) >= 11 is 0. The Balaban J connectivity index is 1.26. The number of piperazine rings is 1. The van der Waals surface area contributed by atoms with Crippen LogP contribution in [-0.4, -0.2) is 65.3 Å². The molecule has 0 aliphatic carbocycles. The number of halogens is 1. The van der Waals surface area contributed by atoms with E-state index in [1.54, 1.807) is 0 Å². The van der Waals surface area contributed by atoms with Crippen molar-refractivity contribution in [2.45, 2.75) is 19.0 Å². The largest absolute Gasteiger partial charge is 0.369 e. The lowest BCUT2D eigenvalue weighted by Crippen LogP contribution is -2.63. The van der Waals surface area contributed by atoms with Gasteiger partial charge in [0.1, 0.15) is 5.82 Å². The molecular weight excluding hydrogens is 309 g/mol. The van der Waals surface area contributed by atoms with Gasteiger partial charge in [0.25, 0.3) is 0 Å². The van der Waals surface area contributed by atoms with Crippen LogP contribution in [0.5, 0.6) is 0 Å². The average molecular weight is 331 g/mol. The number of anilines is 1. The van der Waals surface area contributed by atoms with Gasteiger partial charge in [0.15, 0.2) is 6.33 Å². The third-order valence-electron chi connectivity index (χ3n) is 5.20. The van der Waals surface area contributed by atoms with Gasteiger partial charge in [-0.05, 0) is 31.2 Å². The summed E-state index contributed by atoms with van der Waals surface area (Å²) in [6.45, 7) is 8.26. The fourth-order valence-corrected chi connectivity index (χ4v) is 3.55. The highest BCUT2D eigenvalue weighted by Gasteiger charge is 2.37. The van der Waals surface area contributed by atoms with Gasteiger partial charge in [0, 0.05) is 51.0 Å². The SMILES string of the molecule is CC(c1ncno1)N1CC(N2CCN(c3ccc(F)cc3)CC2)C1. The number of rotatable bonds is 4. The highest BCUT2D eigenvalue weighted by molar-refractivity contribution is 5.46. The molecule has 128 valence electrons. The summed E-state index contributed by atoms with van der Waals surface area (Å²) in [6, 6.07) is 7.58. The van der Waals surface area contributed by atoms with E-state index >= 15 is 0 Å². The van der Waals surface area contributed by atoms with Gasteiger partial charge in [-0.15, -0.1) is 0 Å². The van der Waals surface area contributed by atoms with Crippen molar-refractivity contribution in [1.82, 2.24) is 19.9 Å². The number of nitrogens with zero attached hydrogens (tertiary/aromatic N) is 5. The normalized spacial score (nSPS) is 21.7. The van der Waals surface area contributed by atoms with Gasteiger partial charge in [-0.1, -0.05) is 5.16 Å². The van der Waals surface area contributed by atoms with Crippen molar-refractivity contribution in [3.8, 4) is 0 Å². The van der Waals surface area contributed by atoms with Crippen LogP contribution < -0.4 is 4.90 Å². The number of hydrogen-bond donors (Lipinski definition) is 0. The molecule has 1 atom stereocenters. The number of aromatic nitrogens is 2. The maximum absolute atomic E-state index is 13.0. The van der Waals surface area contributed by atoms with Crippen LogP contribution in [0.15, 0.2) is 35.1 Å². The summed E-state index contributed by atoms with van der Waals surface area (Å²) in [5, 5.41) is 3.68. The predicted molar refractivity (Wildman–Crippen MR) is 88.3 cm³/mol. The molecule has 3 heterocycles. The Hall–Kier alpha value is -1.99. The third kappa shape index (κ3) is 3.01. The smallest absolute Gasteiger partial charge is 0.243 e. The summed E-state index contributed by atoms with van der Waals surface area (Å²) in [7, 11) is 0. The first-order chi connectivity index (χ1) is 11.7. The summed E-state index contributed by atoms with van der Waals surface area (Å²) in [5.74, 6) is 0.511. The van der Waals surface area contributed by atoms with Gasteiger partial charge < -0.3 is 9.42 Å². The van der Waals surface area contributed by atoms with Crippen molar-refractivity contribution >= 4 is 5.69 Å². The van der Waals surface area contributed by atoms with Gasteiger partial charge in [-0.2, -0.15) is 4.98 Å². The first kappa shape index (κ1) is 15.5. The van der Waals surface area contributed by atoms with Crippen LogP contribution >= 0.6 is 0 Å². The highest BCUT2D eigenvalue weighted by Crippen LogP contribution is 2.27. The maximum Gasteiger partial charge on any atom is 0.243 e. The Morgan fingerprint density at radius 1 is 1.12 bits per heavy atom. The first-order valence-electron chi connectivity index (χ1n) is 8.46. The summed E-state index contributed by atoms with van der Waals surface area (Å²) in [4.78, 5) is 11.4. The molecule has 2 saturated heterocycles. The monoisotopic (exact) mass is 331 g/mol. The molecule has 1 aromatic carbocycles. The fraction of sp³-hybridized carbons (Fsp3) is 0.529. The molecule has 0 spiro atoms. The second-order valence-corrected chi connectivity index (χ2v) is 6.56. The lowest BCUT2D eigenvalue weighted by atomic mass is 10.0. The molecule has 0 amide bonds. The maximum atomic E-state index is 13.0. The molecule has 24 heavy (non-hydrogen) atoms. The van der Waals surface area contributed by atoms with Gasteiger partial charge in [-0.25, -0.2) is 4.39 Å². The molecule has 0 bridgehead atoms. The van der Waals surface area contributed by atoms with E-state index in [1.807, 2.05) is 12.1 Å². The molecule has 1 unspecified atom stereocenters. The van der Waals surface area contributed by atoms with Gasteiger partial charge in [0.2, 0.25) is 5.89 Å².